The number of imidazole rings is 1. The Bertz CT molecular complexity index is 1790. The molecule has 1 fully saturated rings. The molecule has 10 nitrogen and oxygen atoms in total. The SMILES string of the molecule is CSc1c2sc(C3=C(C(=O)OCc4ccc([N+](=O)[O-])cc4)N4C(=O)[C@H]([C@@H](C)O)[C@H]4[C@H]3C)cn2c[n+]1Cc1ccc(Cl)cc1.[I-]. The van der Waals surface area contributed by atoms with Crippen LogP contribution in [-0.2, 0) is 27.5 Å². The minimum atomic E-state index is -0.859. The van der Waals surface area contributed by atoms with Crippen LogP contribution in [0.25, 0.3) is 10.4 Å². The van der Waals surface area contributed by atoms with Crippen molar-refractivity contribution in [1.29, 1.82) is 0 Å². The number of rotatable bonds is 9. The largest absolute Gasteiger partial charge is 1.00 e. The topological polar surface area (TPSA) is 118 Å². The number of benzene rings is 2. The number of nitrogens with zero attached hydrogens (tertiary/aromatic N) is 4. The Kier molecular flexibility index (Phi) is 9.42. The Labute approximate surface area is 283 Å². The van der Waals surface area contributed by atoms with Crippen LogP contribution in [-0.4, -0.2) is 49.6 Å². The van der Waals surface area contributed by atoms with E-state index >= 15 is 0 Å². The summed E-state index contributed by atoms with van der Waals surface area (Å²) in [5, 5.41) is 23.1. The molecule has 0 aliphatic carbocycles. The maximum absolute atomic E-state index is 13.6. The van der Waals surface area contributed by atoms with Gasteiger partial charge in [-0.25, -0.2) is 9.36 Å². The van der Waals surface area contributed by atoms with Gasteiger partial charge in [-0.15, -0.1) is 0 Å². The number of thioether (sulfide) groups is 1. The fraction of sp³-hybridized carbons (Fsp3) is 0.300. The van der Waals surface area contributed by atoms with E-state index in [0.29, 0.717) is 22.7 Å². The zero-order chi connectivity index (χ0) is 30.6. The van der Waals surface area contributed by atoms with Crippen molar-refractivity contribution in [2.75, 3.05) is 6.26 Å². The van der Waals surface area contributed by atoms with Gasteiger partial charge in [-0.05, 0) is 48.6 Å². The van der Waals surface area contributed by atoms with E-state index in [1.165, 1.54) is 40.5 Å². The number of carbonyl (C=O) groups excluding carboxylic acids is 2. The van der Waals surface area contributed by atoms with Crippen LogP contribution in [0.2, 0.25) is 5.02 Å². The molecule has 1 N–H and O–H groups in total. The average Bonchev–Trinajstić information content (AvgIpc) is 3.59. The number of ether oxygens (including phenoxy) is 1. The van der Waals surface area contributed by atoms with Gasteiger partial charge < -0.3 is 38.7 Å². The predicted molar refractivity (Wildman–Crippen MR) is 163 cm³/mol. The van der Waals surface area contributed by atoms with Gasteiger partial charge in [-0.2, -0.15) is 4.40 Å². The molecule has 0 radical (unpaired) electrons. The monoisotopic (exact) mass is 766 g/mol. The third kappa shape index (κ3) is 5.64. The van der Waals surface area contributed by atoms with Gasteiger partial charge in [-0.3, -0.25) is 14.9 Å². The van der Waals surface area contributed by atoms with Crippen LogP contribution in [0.15, 0.2) is 71.8 Å². The number of carbonyl (C=O) groups is 2. The van der Waals surface area contributed by atoms with E-state index in [9.17, 15) is 24.8 Å². The van der Waals surface area contributed by atoms with Crippen LogP contribution in [0.4, 0.5) is 5.69 Å². The number of non-ortho nitro benzene ring substituents is 1. The molecule has 44 heavy (non-hydrogen) atoms. The lowest BCUT2D eigenvalue weighted by Crippen LogP contribution is -3.00. The van der Waals surface area contributed by atoms with E-state index in [-0.39, 0.29) is 59.8 Å². The summed E-state index contributed by atoms with van der Waals surface area (Å²) in [6.07, 6.45) is 5.15. The molecule has 1 saturated heterocycles. The lowest BCUT2D eigenvalue weighted by Gasteiger charge is -2.46. The summed E-state index contributed by atoms with van der Waals surface area (Å²) in [5.74, 6) is -1.79. The molecule has 2 aromatic heterocycles. The molecule has 4 heterocycles. The van der Waals surface area contributed by atoms with Crippen molar-refractivity contribution < 1.29 is 52.9 Å². The minimum Gasteiger partial charge on any atom is -1.00 e. The van der Waals surface area contributed by atoms with Gasteiger partial charge in [0.15, 0.2) is 0 Å². The van der Waals surface area contributed by atoms with Crippen molar-refractivity contribution in [2.45, 2.75) is 44.2 Å². The summed E-state index contributed by atoms with van der Waals surface area (Å²) in [4.78, 5) is 40.6. The number of aromatic nitrogens is 2. The fourth-order valence-corrected chi connectivity index (χ4v) is 8.28. The molecular weight excluding hydrogens is 739 g/mol. The molecule has 14 heteroatoms. The van der Waals surface area contributed by atoms with E-state index in [1.807, 2.05) is 54.4 Å². The first-order chi connectivity index (χ1) is 20.6. The number of thiazole rings is 1. The number of β-lactam (4-membered cyclic amide) rings is 1. The Morgan fingerprint density at radius 3 is 2.48 bits per heavy atom. The Hall–Kier alpha value is -2.98. The highest BCUT2D eigenvalue weighted by Crippen LogP contribution is 2.52. The van der Waals surface area contributed by atoms with E-state index < -0.39 is 22.9 Å². The number of aliphatic hydroxyl groups excluding tert-OH is 1. The highest BCUT2D eigenvalue weighted by atomic mass is 127. The molecular formula is C30H28ClIN4O6S2. The van der Waals surface area contributed by atoms with E-state index in [4.69, 9.17) is 16.3 Å². The first-order valence-corrected chi connectivity index (χ1v) is 16.0. The van der Waals surface area contributed by atoms with E-state index in [0.717, 1.165) is 20.3 Å². The normalized spacial score (nSPS) is 19.9. The van der Waals surface area contributed by atoms with Crippen molar-refractivity contribution >= 4 is 62.7 Å². The molecule has 6 rings (SSSR count). The van der Waals surface area contributed by atoms with Crippen LogP contribution in [0.1, 0.15) is 29.9 Å². The molecule has 2 aromatic carbocycles. The molecule has 1 amide bonds. The van der Waals surface area contributed by atoms with Gasteiger partial charge in [0.2, 0.25) is 15.8 Å². The molecule has 0 saturated carbocycles. The number of esters is 1. The van der Waals surface area contributed by atoms with Crippen LogP contribution < -0.4 is 28.5 Å². The summed E-state index contributed by atoms with van der Waals surface area (Å²) >= 11 is 9.22. The second-order valence-electron chi connectivity index (χ2n) is 10.7. The summed E-state index contributed by atoms with van der Waals surface area (Å²) < 4.78 is 9.86. The van der Waals surface area contributed by atoms with Gasteiger partial charge >= 0.3 is 5.97 Å². The molecule has 0 unspecified atom stereocenters. The maximum Gasteiger partial charge on any atom is 0.355 e. The minimum absolute atomic E-state index is 0. The first-order valence-electron chi connectivity index (χ1n) is 13.6. The highest BCUT2D eigenvalue weighted by molar-refractivity contribution is 7.98. The number of halogens is 2. The number of hydrogen-bond acceptors (Lipinski definition) is 8. The smallest absolute Gasteiger partial charge is 0.355 e. The zero-order valence-electron chi connectivity index (χ0n) is 23.8. The molecule has 2 aliphatic rings. The second-order valence-corrected chi connectivity index (χ2v) is 13.0. The van der Waals surface area contributed by atoms with Gasteiger partial charge in [-0.1, -0.05) is 53.8 Å². The predicted octanol–water partition coefficient (Wildman–Crippen LogP) is 1.94. The van der Waals surface area contributed by atoms with Crippen LogP contribution in [0.5, 0.6) is 0 Å². The summed E-state index contributed by atoms with van der Waals surface area (Å²) in [5.41, 5.74) is 2.53. The number of aliphatic hydroxyl groups is 1. The zero-order valence-corrected chi connectivity index (χ0v) is 28.4. The van der Waals surface area contributed by atoms with Gasteiger partial charge in [0.05, 0.1) is 27.9 Å². The van der Waals surface area contributed by atoms with Crippen molar-refractivity contribution in [3.05, 3.63) is 97.9 Å². The lowest BCUT2D eigenvalue weighted by atomic mass is 9.77. The molecule has 0 spiro atoms. The third-order valence-corrected chi connectivity index (χ3v) is 10.4. The van der Waals surface area contributed by atoms with Crippen molar-refractivity contribution in [2.24, 2.45) is 11.8 Å². The Balaban J connectivity index is 0.00000384. The summed E-state index contributed by atoms with van der Waals surface area (Å²) in [7, 11) is 0. The van der Waals surface area contributed by atoms with Crippen molar-refractivity contribution in [1.82, 2.24) is 9.30 Å². The number of amides is 1. The van der Waals surface area contributed by atoms with Crippen LogP contribution in [0, 0.1) is 22.0 Å². The lowest BCUT2D eigenvalue weighted by molar-refractivity contribution is -0.721. The van der Waals surface area contributed by atoms with Gasteiger partial charge in [0.1, 0.15) is 25.0 Å². The van der Waals surface area contributed by atoms with Crippen LogP contribution >= 0.6 is 34.7 Å². The number of fused-ring (bicyclic) bond motifs is 2. The van der Waals surface area contributed by atoms with Crippen molar-refractivity contribution in [3.63, 3.8) is 0 Å². The molecule has 4 aromatic rings. The molecule has 4 atom stereocenters. The Morgan fingerprint density at radius 2 is 1.86 bits per heavy atom. The van der Waals surface area contributed by atoms with Gasteiger partial charge in [0, 0.05) is 28.6 Å². The van der Waals surface area contributed by atoms with E-state index in [2.05, 4.69) is 4.57 Å². The third-order valence-electron chi connectivity index (χ3n) is 8.01. The average molecular weight is 767 g/mol. The number of hydrogen-bond donors (Lipinski definition) is 1. The van der Waals surface area contributed by atoms with Gasteiger partial charge in [0.25, 0.3) is 12.0 Å². The Morgan fingerprint density at radius 1 is 1.20 bits per heavy atom. The molecule has 230 valence electrons. The van der Waals surface area contributed by atoms with Crippen LogP contribution in [0.3, 0.4) is 0 Å². The van der Waals surface area contributed by atoms with E-state index in [1.54, 1.807) is 18.7 Å². The summed E-state index contributed by atoms with van der Waals surface area (Å²) in [6.45, 7) is 4.12. The highest BCUT2D eigenvalue weighted by Gasteiger charge is 2.60. The fourth-order valence-electron chi connectivity index (χ4n) is 5.98. The quantitative estimate of drug-likeness (QED) is 0.0527. The second kappa shape index (κ2) is 12.8. The molecule has 0 bridgehead atoms. The summed E-state index contributed by atoms with van der Waals surface area (Å²) in [6, 6.07) is 13.1. The standard InChI is InChI=1S/C30H28ClN4O6S2.HI/c1-16-23(22-13-33-15-32(28(42-3)29(33)43-22)12-18-4-8-20(31)9-5-18)26(34-25(16)24(17(2)36)27(34)37)30(38)41-14-19-6-10-21(11-7-19)35(39)40;/h4-11,13,15-17,24-25,36H,12,14H2,1-3H3;1H/q+1;/p-1/t16-,17+,24+,25+;/m0./s1. The number of nitro benzene ring substituents is 1. The first kappa shape index (κ1) is 32.4. The van der Waals surface area contributed by atoms with Crippen molar-refractivity contribution in [3.8, 4) is 0 Å². The molecule has 2 aliphatic heterocycles. The maximum atomic E-state index is 13.6. The number of nitro groups is 1.